The predicted molar refractivity (Wildman–Crippen MR) is 79.1 cm³/mol. The molecule has 104 valence electrons. The number of hydrogen-bond donors (Lipinski definition) is 2. The summed E-state index contributed by atoms with van der Waals surface area (Å²) in [4.78, 5) is 16.0. The van der Waals surface area contributed by atoms with Crippen molar-refractivity contribution in [3.05, 3.63) is 36.9 Å². The van der Waals surface area contributed by atoms with E-state index in [0.717, 1.165) is 29.4 Å². The number of benzene rings is 1. The Morgan fingerprint density at radius 2 is 2.25 bits per heavy atom. The van der Waals surface area contributed by atoms with E-state index in [1.54, 1.807) is 22.8 Å². The van der Waals surface area contributed by atoms with E-state index in [1.807, 2.05) is 24.3 Å². The zero-order valence-corrected chi connectivity index (χ0v) is 11.6. The maximum atomic E-state index is 12.1. The highest BCUT2D eigenvalue weighted by atomic mass is 32.2. The average Bonchev–Trinajstić information content (AvgIpc) is 3.03. The molecule has 1 amide bonds. The number of anilines is 1. The maximum absolute atomic E-state index is 12.1. The second-order valence-electron chi connectivity index (χ2n) is 4.46. The van der Waals surface area contributed by atoms with Crippen LogP contribution in [-0.4, -0.2) is 44.8 Å². The number of rotatable bonds is 3. The Morgan fingerprint density at radius 3 is 2.90 bits per heavy atom. The largest absolute Gasteiger partial charge is 0.325 e. The summed E-state index contributed by atoms with van der Waals surface area (Å²) < 4.78 is 1.67. The van der Waals surface area contributed by atoms with Crippen LogP contribution in [0, 0.1) is 0 Å². The van der Waals surface area contributed by atoms with Crippen molar-refractivity contribution in [2.75, 3.05) is 23.4 Å². The molecule has 0 bridgehead atoms. The van der Waals surface area contributed by atoms with Gasteiger partial charge in [0.1, 0.15) is 12.7 Å². The third-order valence-electron chi connectivity index (χ3n) is 3.06. The Kier molecular flexibility index (Phi) is 3.98. The standard InChI is InChI=1S/C13H15N5OS/c19-13(12-7-20-6-5-15-12)17-10-1-3-11(4-2-10)18-9-14-8-16-18/h1-4,8-9,12,15H,5-7H2,(H,17,19). The van der Waals surface area contributed by atoms with Crippen molar-refractivity contribution < 1.29 is 4.79 Å². The molecule has 1 aromatic heterocycles. The van der Waals surface area contributed by atoms with Gasteiger partial charge in [0.2, 0.25) is 5.91 Å². The summed E-state index contributed by atoms with van der Waals surface area (Å²) >= 11 is 1.80. The van der Waals surface area contributed by atoms with Crippen LogP contribution in [0.4, 0.5) is 5.69 Å². The van der Waals surface area contributed by atoms with Crippen LogP contribution >= 0.6 is 11.8 Å². The van der Waals surface area contributed by atoms with Gasteiger partial charge in [-0.3, -0.25) is 4.79 Å². The monoisotopic (exact) mass is 289 g/mol. The van der Waals surface area contributed by atoms with Crippen LogP contribution in [0.1, 0.15) is 0 Å². The van der Waals surface area contributed by atoms with Crippen LogP contribution in [0.2, 0.25) is 0 Å². The molecular weight excluding hydrogens is 274 g/mol. The van der Waals surface area contributed by atoms with Crippen molar-refractivity contribution in [2.45, 2.75) is 6.04 Å². The van der Waals surface area contributed by atoms with Gasteiger partial charge in [-0.1, -0.05) is 0 Å². The molecule has 1 aromatic carbocycles. The zero-order chi connectivity index (χ0) is 13.8. The average molecular weight is 289 g/mol. The Bertz CT molecular complexity index is 563. The molecule has 1 saturated heterocycles. The molecule has 1 aliphatic rings. The van der Waals surface area contributed by atoms with Gasteiger partial charge in [0.25, 0.3) is 0 Å². The maximum Gasteiger partial charge on any atom is 0.242 e. The quantitative estimate of drug-likeness (QED) is 0.879. The highest BCUT2D eigenvalue weighted by Crippen LogP contribution is 2.14. The van der Waals surface area contributed by atoms with Gasteiger partial charge < -0.3 is 10.6 Å². The molecule has 0 aliphatic carbocycles. The van der Waals surface area contributed by atoms with Gasteiger partial charge in [-0.25, -0.2) is 9.67 Å². The summed E-state index contributed by atoms with van der Waals surface area (Å²) in [6, 6.07) is 7.42. The fourth-order valence-corrected chi connectivity index (χ4v) is 2.94. The minimum Gasteiger partial charge on any atom is -0.325 e. The number of carbonyl (C=O) groups excluding carboxylic acids is 1. The van der Waals surface area contributed by atoms with Crippen molar-refractivity contribution in [3.63, 3.8) is 0 Å². The van der Waals surface area contributed by atoms with E-state index in [9.17, 15) is 4.79 Å². The summed E-state index contributed by atoms with van der Waals surface area (Å²) in [6.07, 6.45) is 3.12. The number of aromatic nitrogens is 3. The lowest BCUT2D eigenvalue weighted by Crippen LogP contribution is -2.46. The summed E-state index contributed by atoms with van der Waals surface area (Å²) in [6.45, 7) is 0.883. The number of amides is 1. The minimum absolute atomic E-state index is 0.0192. The first-order valence-electron chi connectivity index (χ1n) is 6.40. The van der Waals surface area contributed by atoms with Crippen LogP contribution in [0.25, 0.3) is 5.69 Å². The Labute approximate surface area is 121 Å². The summed E-state index contributed by atoms with van der Waals surface area (Å²) in [5.41, 5.74) is 1.70. The molecule has 0 radical (unpaired) electrons. The van der Waals surface area contributed by atoms with Gasteiger partial charge in [-0.15, -0.1) is 0 Å². The molecule has 0 saturated carbocycles. The lowest BCUT2D eigenvalue weighted by Gasteiger charge is -2.22. The third-order valence-corrected chi connectivity index (χ3v) is 4.12. The normalized spacial score (nSPS) is 18.7. The van der Waals surface area contributed by atoms with Crippen molar-refractivity contribution in [3.8, 4) is 5.69 Å². The molecule has 20 heavy (non-hydrogen) atoms. The van der Waals surface area contributed by atoms with Gasteiger partial charge in [-0.2, -0.15) is 16.9 Å². The zero-order valence-electron chi connectivity index (χ0n) is 10.8. The highest BCUT2D eigenvalue weighted by molar-refractivity contribution is 7.99. The van der Waals surface area contributed by atoms with Crippen LogP contribution in [0.15, 0.2) is 36.9 Å². The van der Waals surface area contributed by atoms with Crippen molar-refractivity contribution in [2.24, 2.45) is 0 Å². The highest BCUT2D eigenvalue weighted by Gasteiger charge is 2.20. The molecule has 1 fully saturated rings. The lowest BCUT2D eigenvalue weighted by atomic mass is 10.2. The van der Waals surface area contributed by atoms with Crippen LogP contribution in [0.3, 0.4) is 0 Å². The van der Waals surface area contributed by atoms with Gasteiger partial charge in [-0.05, 0) is 24.3 Å². The second-order valence-corrected chi connectivity index (χ2v) is 5.61. The van der Waals surface area contributed by atoms with Crippen LogP contribution in [-0.2, 0) is 4.79 Å². The number of nitrogens with zero attached hydrogens (tertiary/aromatic N) is 3. The van der Waals surface area contributed by atoms with E-state index in [1.165, 1.54) is 6.33 Å². The molecule has 2 N–H and O–H groups in total. The molecule has 0 spiro atoms. The van der Waals surface area contributed by atoms with E-state index in [0.29, 0.717) is 0 Å². The van der Waals surface area contributed by atoms with Crippen LogP contribution in [0.5, 0.6) is 0 Å². The fourth-order valence-electron chi connectivity index (χ4n) is 2.00. The molecule has 3 rings (SSSR count). The molecule has 1 unspecified atom stereocenters. The number of nitrogens with one attached hydrogen (secondary N) is 2. The third kappa shape index (κ3) is 3.00. The second kappa shape index (κ2) is 6.06. The summed E-state index contributed by atoms with van der Waals surface area (Å²) in [5.74, 6) is 1.91. The van der Waals surface area contributed by atoms with Crippen molar-refractivity contribution in [1.29, 1.82) is 0 Å². The van der Waals surface area contributed by atoms with Crippen molar-refractivity contribution >= 4 is 23.4 Å². The summed E-state index contributed by atoms with van der Waals surface area (Å²) in [7, 11) is 0. The topological polar surface area (TPSA) is 71.8 Å². The molecular formula is C13H15N5OS. The smallest absolute Gasteiger partial charge is 0.242 e. The van der Waals surface area contributed by atoms with E-state index < -0.39 is 0 Å². The molecule has 6 nitrogen and oxygen atoms in total. The van der Waals surface area contributed by atoms with Gasteiger partial charge in [0.05, 0.1) is 11.7 Å². The van der Waals surface area contributed by atoms with Gasteiger partial charge in [0.15, 0.2) is 0 Å². The first-order valence-corrected chi connectivity index (χ1v) is 7.55. The molecule has 2 aromatic rings. The minimum atomic E-state index is -0.108. The van der Waals surface area contributed by atoms with E-state index in [2.05, 4.69) is 20.7 Å². The number of thioether (sulfide) groups is 1. The van der Waals surface area contributed by atoms with Gasteiger partial charge in [0, 0.05) is 23.7 Å². The molecule has 1 atom stereocenters. The number of hydrogen-bond acceptors (Lipinski definition) is 5. The van der Waals surface area contributed by atoms with E-state index >= 15 is 0 Å². The molecule has 7 heteroatoms. The lowest BCUT2D eigenvalue weighted by molar-refractivity contribution is -0.117. The summed E-state index contributed by atoms with van der Waals surface area (Å²) in [5, 5.41) is 10.2. The van der Waals surface area contributed by atoms with E-state index in [4.69, 9.17) is 0 Å². The molecule has 2 heterocycles. The predicted octanol–water partition coefficient (Wildman–Crippen LogP) is 0.911. The Balaban J connectivity index is 1.64. The first-order chi connectivity index (χ1) is 9.83. The molecule has 1 aliphatic heterocycles. The SMILES string of the molecule is O=C(Nc1ccc(-n2cncn2)cc1)C1CSCCN1. The van der Waals surface area contributed by atoms with Crippen molar-refractivity contribution in [1.82, 2.24) is 20.1 Å². The van der Waals surface area contributed by atoms with Crippen LogP contribution < -0.4 is 10.6 Å². The Morgan fingerprint density at radius 1 is 1.40 bits per heavy atom. The van der Waals surface area contributed by atoms with Gasteiger partial charge >= 0.3 is 0 Å². The fraction of sp³-hybridized carbons (Fsp3) is 0.308. The van der Waals surface area contributed by atoms with E-state index in [-0.39, 0.29) is 11.9 Å². The first kappa shape index (κ1) is 13.1. The number of carbonyl (C=O) groups is 1. The Hall–Kier alpha value is -1.86.